The number of hydrogen-bond donors (Lipinski definition) is 1. The average Bonchev–Trinajstić information content (AvgIpc) is 2.16. The summed E-state index contributed by atoms with van der Waals surface area (Å²) in [6, 6.07) is 2.78. The molecule has 0 spiro atoms. The van der Waals surface area contributed by atoms with Crippen LogP contribution in [0.3, 0.4) is 0 Å². The van der Waals surface area contributed by atoms with Gasteiger partial charge in [0.05, 0.1) is 12.2 Å². The predicted molar refractivity (Wildman–Crippen MR) is 39.8 cm³/mol. The van der Waals surface area contributed by atoms with E-state index in [1.807, 2.05) is 0 Å². The summed E-state index contributed by atoms with van der Waals surface area (Å²) in [5.74, 6) is 0. The van der Waals surface area contributed by atoms with E-state index in [1.165, 1.54) is 0 Å². The van der Waals surface area contributed by atoms with Crippen molar-refractivity contribution in [1.82, 2.24) is 4.98 Å². The van der Waals surface area contributed by atoms with Crippen LogP contribution in [0.2, 0.25) is 0 Å². The van der Waals surface area contributed by atoms with Crippen molar-refractivity contribution in [3.05, 3.63) is 29.1 Å². The summed E-state index contributed by atoms with van der Waals surface area (Å²) in [5, 5.41) is 17.2. The number of alkyl halides is 2. The Labute approximate surface area is 73.3 Å². The Kier molecular flexibility index (Phi) is 2.88. The molecule has 0 aromatic carbocycles. The van der Waals surface area contributed by atoms with E-state index in [-0.39, 0.29) is 11.1 Å². The summed E-state index contributed by atoms with van der Waals surface area (Å²) in [7, 11) is 0. The quantitative estimate of drug-likeness (QED) is 0.755. The van der Waals surface area contributed by atoms with Gasteiger partial charge in [0.1, 0.15) is 11.8 Å². The Hall–Kier alpha value is -1.54. The molecule has 0 radical (unpaired) electrons. The number of halogens is 2. The molecule has 1 heterocycles. The van der Waals surface area contributed by atoms with Crippen LogP contribution in [0.1, 0.15) is 23.2 Å². The van der Waals surface area contributed by atoms with Crippen LogP contribution in [0, 0.1) is 11.3 Å². The van der Waals surface area contributed by atoms with Crippen molar-refractivity contribution < 1.29 is 13.9 Å². The number of aromatic nitrogens is 1. The lowest BCUT2D eigenvalue weighted by atomic mass is 10.1. The molecular weight excluding hydrogens is 178 g/mol. The Bertz CT molecular complexity index is 346. The lowest BCUT2D eigenvalue weighted by Crippen LogP contribution is -1.96. The SMILES string of the molecule is N#Cc1cnc(C(F)F)cc1CO. The molecule has 0 aliphatic carbocycles. The third-order valence-corrected chi connectivity index (χ3v) is 1.53. The molecule has 1 aromatic heterocycles. The van der Waals surface area contributed by atoms with Gasteiger partial charge in [0.25, 0.3) is 6.43 Å². The van der Waals surface area contributed by atoms with Crippen molar-refractivity contribution in [2.75, 3.05) is 0 Å². The number of nitriles is 1. The number of aliphatic hydroxyl groups excluding tert-OH is 1. The van der Waals surface area contributed by atoms with E-state index in [4.69, 9.17) is 10.4 Å². The lowest BCUT2D eigenvalue weighted by Gasteiger charge is -2.02. The first-order valence-electron chi connectivity index (χ1n) is 3.47. The van der Waals surface area contributed by atoms with Gasteiger partial charge in [-0.1, -0.05) is 0 Å². The van der Waals surface area contributed by atoms with E-state index in [2.05, 4.69) is 4.98 Å². The summed E-state index contributed by atoms with van der Waals surface area (Å²) >= 11 is 0. The first-order chi connectivity index (χ1) is 6.19. The fourth-order valence-corrected chi connectivity index (χ4v) is 0.866. The molecule has 5 heteroatoms. The molecule has 1 rings (SSSR count). The molecule has 0 amide bonds. The van der Waals surface area contributed by atoms with E-state index < -0.39 is 18.7 Å². The Morgan fingerprint density at radius 3 is 2.77 bits per heavy atom. The Morgan fingerprint density at radius 2 is 2.31 bits per heavy atom. The molecule has 0 saturated heterocycles. The van der Waals surface area contributed by atoms with E-state index in [0.29, 0.717) is 0 Å². The van der Waals surface area contributed by atoms with Gasteiger partial charge in [-0.2, -0.15) is 5.26 Å². The summed E-state index contributed by atoms with van der Waals surface area (Å²) in [4.78, 5) is 3.37. The van der Waals surface area contributed by atoms with Crippen LogP contribution >= 0.6 is 0 Å². The molecule has 0 saturated carbocycles. The molecule has 0 unspecified atom stereocenters. The molecule has 68 valence electrons. The summed E-state index contributed by atoms with van der Waals surface area (Å²) in [5.41, 5.74) is -0.136. The fraction of sp³-hybridized carbons (Fsp3) is 0.250. The van der Waals surface area contributed by atoms with Crippen molar-refractivity contribution in [3.8, 4) is 6.07 Å². The maximum absolute atomic E-state index is 12.1. The zero-order valence-electron chi connectivity index (χ0n) is 6.54. The largest absolute Gasteiger partial charge is 0.392 e. The molecule has 0 atom stereocenters. The van der Waals surface area contributed by atoms with Crippen LogP contribution in [0.4, 0.5) is 8.78 Å². The monoisotopic (exact) mass is 184 g/mol. The van der Waals surface area contributed by atoms with Gasteiger partial charge >= 0.3 is 0 Å². The zero-order valence-corrected chi connectivity index (χ0v) is 6.54. The highest BCUT2D eigenvalue weighted by atomic mass is 19.3. The number of pyridine rings is 1. The summed E-state index contributed by atoms with van der Waals surface area (Å²) in [6.45, 7) is -0.439. The molecule has 1 N–H and O–H groups in total. The maximum Gasteiger partial charge on any atom is 0.280 e. The standard InChI is InChI=1S/C8H6F2N2O/c9-8(10)7-1-5(4-13)6(2-11)3-12-7/h1,3,8,13H,4H2. The molecule has 0 aliphatic rings. The smallest absolute Gasteiger partial charge is 0.280 e. The zero-order chi connectivity index (χ0) is 9.84. The van der Waals surface area contributed by atoms with Crippen molar-refractivity contribution in [1.29, 1.82) is 5.26 Å². The third kappa shape index (κ3) is 1.98. The highest BCUT2D eigenvalue weighted by molar-refractivity contribution is 5.36. The first-order valence-corrected chi connectivity index (χ1v) is 3.47. The van der Waals surface area contributed by atoms with Crippen molar-refractivity contribution >= 4 is 0 Å². The van der Waals surface area contributed by atoms with Gasteiger partial charge in [-0.25, -0.2) is 8.78 Å². The van der Waals surface area contributed by atoms with E-state index in [0.717, 1.165) is 12.3 Å². The summed E-state index contributed by atoms with van der Waals surface area (Å²) in [6.07, 6.45) is -1.65. The molecule has 0 aliphatic heterocycles. The number of hydrogen-bond acceptors (Lipinski definition) is 3. The number of nitrogens with zero attached hydrogens (tertiary/aromatic N) is 2. The van der Waals surface area contributed by atoms with Crippen LogP contribution in [-0.2, 0) is 6.61 Å². The first kappa shape index (κ1) is 9.55. The van der Waals surface area contributed by atoms with Gasteiger partial charge in [-0.3, -0.25) is 4.98 Å². The average molecular weight is 184 g/mol. The minimum atomic E-state index is -2.68. The second kappa shape index (κ2) is 3.92. The highest BCUT2D eigenvalue weighted by Gasteiger charge is 2.11. The van der Waals surface area contributed by atoms with Crippen LogP contribution in [0.25, 0.3) is 0 Å². The van der Waals surface area contributed by atoms with Crippen molar-refractivity contribution in [2.45, 2.75) is 13.0 Å². The van der Waals surface area contributed by atoms with Gasteiger partial charge in [-0.05, 0) is 11.6 Å². The second-order valence-electron chi connectivity index (χ2n) is 2.34. The maximum atomic E-state index is 12.1. The number of rotatable bonds is 2. The second-order valence-corrected chi connectivity index (χ2v) is 2.34. The molecule has 0 bridgehead atoms. The fourth-order valence-electron chi connectivity index (χ4n) is 0.866. The van der Waals surface area contributed by atoms with Gasteiger partial charge in [0.15, 0.2) is 0 Å². The van der Waals surface area contributed by atoms with Gasteiger partial charge < -0.3 is 5.11 Å². The van der Waals surface area contributed by atoms with Crippen LogP contribution in [0.15, 0.2) is 12.3 Å². The summed E-state index contributed by atoms with van der Waals surface area (Å²) < 4.78 is 24.2. The normalized spacial score (nSPS) is 10.1. The van der Waals surface area contributed by atoms with Crippen LogP contribution in [0.5, 0.6) is 0 Å². The van der Waals surface area contributed by atoms with Gasteiger partial charge in [0, 0.05) is 6.20 Å². The van der Waals surface area contributed by atoms with Crippen LogP contribution < -0.4 is 0 Å². The Balaban J connectivity index is 3.15. The molecule has 13 heavy (non-hydrogen) atoms. The lowest BCUT2D eigenvalue weighted by molar-refractivity contribution is 0.145. The topological polar surface area (TPSA) is 56.9 Å². The van der Waals surface area contributed by atoms with Crippen LogP contribution in [-0.4, -0.2) is 10.1 Å². The highest BCUT2D eigenvalue weighted by Crippen LogP contribution is 2.18. The predicted octanol–water partition coefficient (Wildman–Crippen LogP) is 1.38. The van der Waals surface area contributed by atoms with E-state index in [9.17, 15) is 8.78 Å². The molecular formula is C8H6F2N2O. The Morgan fingerprint density at radius 1 is 1.62 bits per heavy atom. The van der Waals surface area contributed by atoms with Gasteiger partial charge in [-0.15, -0.1) is 0 Å². The number of aliphatic hydroxyl groups is 1. The van der Waals surface area contributed by atoms with E-state index in [1.54, 1.807) is 6.07 Å². The molecule has 0 fully saturated rings. The van der Waals surface area contributed by atoms with E-state index >= 15 is 0 Å². The van der Waals surface area contributed by atoms with Crippen molar-refractivity contribution in [3.63, 3.8) is 0 Å². The van der Waals surface area contributed by atoms with Gasteiger partial charge in [0.2, 0.25) is 0 Å². The molecule has 1 aromatic rings. The van der Waals surface area contributed by atoms with Crippen molar-refractivity contribution in [2.24, 2.45) is 0 Å². The minimum absolute atomic E-state index is 0.118. The minimum Gasteiger partial charge on any atom is -0.392 e. The third-order valence-electron chi connectivity index (χ3n) is 1.53. The molecule has 3 nitrogen and oxygen atoms in total.